The molecule has 0 amide bonds. The smallest absolute Gasteiger partial charge is 0.493 e. The Labute approximate surface area is 138 Å². The number of hydrogen-bond donors (Lipinski definition) is 1. The molecule has 1 aliphatic heterocycles. The number of ether oxygens (including phenoxy) is 2. The fourth-order valence-electron chi connectivity index (χ4n) is 3.79. The van der Waals surface area contributed by atoms with Crippen LogP contribution in [0.15, 0.2) is 30.0 Å². The predicted molar refractivity (Wildman–Crippen MR) is 81.9 cm³/mol. The van der Waals surface area contributed by atoms with Crippen molar-refractivity contribution < 1.29 is 27.8 Å². The number of fused-ring (bicyclic) bond motifs is 1. The third kappa shape index (κ3) is 2.92. The Morgan fingerprint density at radius 3 is 2.67 bits per heavy atom. The van der Waals surface area contributed by atoms with E-state index in [1.807, 2.05) is 13.1 Å². The Kier molecular flexibility index (Phi) is 4.15. The van der Waals surface area contributed by atoms with Gasteiger partial charge in [0.15, 0.2) is 11.5 Å². The number of hydrogen-bond acceptors (Lipinski definition) is 4. The van der Waals surface area contributed by atoms with Crippen molar-refractivity contribution >= 4 is 0 Å². The van der Waals surface area contributed by atoms with Crippen molar-refractivity contribution in [2.24, 2.45) is 0 Å². The largest absolute Gasteiger partial charge is 0.573 e. The van der Waals surface area contributed by atoms with E-state index < -0.39 is 12.5 Å². The Bertz CT molecular complexity index is 659. The number of likely N-dealkylation sites (N-methyl/N-ethyl adjacent to an activating group) is 1. The zero-order valence-corrected chi connectivity index (χ0v) is 13.6. The number of nitrogens with zero attached hydrogens (tertiary/aromatic N) is 1. The lowest BCUT2D eigenvalue weighted by Crippen LogP contribution is -2.33. The first-order valence-corrected chi connectivity index (χ1v) is 7.81. The van der Waals surface area contributed by atoms with E-state index in [4.69, 9.17) is 4.74 Å². The third-order valence-corrected chi connectivity index (χ3v) is 4.93. The molecule has 0 saturated carbocycles. The highest BCUT2D eigenvalue weighted by molar-refractivity contribution is 5.49. The van der Waals surface area contributed by atoms with Crippen LogP contribution in [-0.4, -0.2) is 43.2 Å². The van der Waals surface area contributed by atoms with E-state index in [1.54, 1.807) is 6.07 Å². The molecule has 0 bridgehead atoms. The molecule has 1 saturated heterocycles. The maximum atomic E-state index is 12.7. The summed E-state index contributed by atoms with van der Waals surface area (Å²) in [4.78, 5) is 2.05. The van der Waals surface area contributed by atoms with Crippen LogP contribution in [0.5, 0.6) is 11.5 Å². The van der Waals surface area contributed by atoms with Crippen molar-refractivity contribution in [3.05, 3.63) is 35.5 Å². The zero-order chi connectivity index (χ0) is 17.5. The van der Waals surface area contributed by atoms with Gasteiger partial charge in [0.05, 0.1) is 13.2 Å². The van der Waals surface area contributed by atoms with Crippen LogP contribution < -0.4 is 9.47 Å². The molecule has 0 radical (unpaired) electrons. The Balaban J connectivity index is 2.06. The first-order chi connectivity index (χ1) is 11.2. The molecule has 4 nitrogen and oxygen atoms in total. The molecular weight excluding hydrogens is 323 g/mol. The highest BCUT2D eigenvalue weighted by Gasteiger charge is 2.46. The van der Waals surface area contributed by atoms with Gasteiger partial charge >= 0.3 is 6.36 Å². The summed E-state index contributed by atoms with van der Waals surface area (Å²) in [7, 11) is 3.24. The summed E-state index contributed by atoms with van der Waals surface area (Å²) in [5, 5.41) is 9.93. The second-order valence-electron chi connectivity index (χ2n) is 6.33. The van der Waals surface area contributed by atoms with E-state index in [0.29, 0.717) is 12.8 Å². The minimum Gasteiger partial charge on any atom is -0.493 e. The number of rotatable bonds is 3. The monoisotopic (exact) mass is 343 g/mol. The molecule has 1 aromatic carbocycles. The molecule has 0 spiro atoms. The molecule has 24 heavy (non-hydrogen) atoms. The fourth-order valence-corrected chi connectivity index (χ4v) is 3.79. The van der Waals surface area contributed by atoms with Crippen molar-refractivity contribution in [2.75, 3.05) is 20.7 Å². The van der Waals surface area contributed by atoms with Gasteiger partial charge in [-0.25, -0.2) is 0 Å². The summed E-state index contributed by atoms with van der Waals surface area (Å²) in [6.45, 7) is 0.792. The van der Waals surface area contributed by atoms with E-state index in [9.17, 15) is 18.3 Å². The molecule has 3 rings (SSSR count). The van der Waals surface area contributed by atoms with Crippen LogP contribution in [0.3, 0.4) is 0 Å². The topological polar surface area (TPSA) is 41.9 Å². The summed E-state index contributed by atoms with van der Waals surface area (Å²) >= 11 is 0. The summed E-state index contributed by atoms with van der Waals surface area (Å²) in [5.74, 6) is -0.294. The normalized spacial score (nSPS) is 26.8. The van der Waals surface area contributed by atoms with Gasteiger partial charge in [0.2, 0.25) is 0 Å². The standard InChI is InChI=1S/C17H20F3NO3/c1-21-8-7-16(6-5-12(22)10-15(16)21)11-3-4-13(23-2)14(9-11)24-17(18,19)20/h3-4,9-10,12,22H,5-8H2,1-2H3/t12-,16+/m1/s1. The molecule has 1 aromatic rings. The molecule has 1 heterocycles. The molecule has 1 aliphatic carbocycles. The lowest BCUT2D eigenvalue weighted by molar-refractivity contribution is -0.275. The molecular formula is C17H20F3NO3. The fraction of sp³-hybridized carbons (Fsp3) is 0.529. The molecule has 132 valence electrons. The first-order valence-electron chi connectivity index (χ1n) is 7.81. The average Bonchev–Trinajstić information content (AvgIpc) is 2.84. The van der Waals surface area contributed by atoms with Gasteiger partial charge in [-0.15, -0.1) is 13.2 Å². The van der Waals surface area contributed by atoms with Gasteiger partial charge in [0.25, 0.3) is 0 Å². The highest BCUT2D eigenvalue weighted by Crippen LogP contribution is 2.50. The van der Waals surface area contributed by atoms with E-state index in [-0.39, 0.29) is 16.9 Å². The maximum Gasteiger partial charge on any atom is 0.573 e. The number of alkyl halides is 3. The van der Waals surface area contributed by atoms with Gasteiger partial charge < -0.3 is 19.5 Å². The molecule has 2 aliphatic rings. The van der Waals surface area contributed by atoms with Gasteiger partial charge in [0, 0.05) is 24.7 Å². The summed E-state index contributed by atoms with van der Waals surface area (Å²) in [5.41, 5.74) is 1.33. The van der Waals surface area contributed by atoms with Crippen LogP contribution in [0.4, 0.5) is 13.2 Å². The quantitative estimate of drug-likeness (QED) is 0.915. The number of methoxy groups -OCH3 is 1. The Hall–Kier alpha value is -1.89. The van der Waals surface area contributed by atoms with Gasteiger partial charge in [-0.2, -0.15) is 0 Å². The van der Waals surface area contributed by atoms with Crippen LogP contribution in [0.1, 0.15) is 24.8 Å². The number of halogens is 3. The van der Waals surface area contributed by atoms with Crippen molar-refractivity contribution in [1.82, 2.24) is 4.90 Å². The number of allylic oxidation sites excluding steroid dienone is 1. The van der Waals surface area contributed by atoms with E-state index >= 15 is 0 Å². The van der Waals surface area contributed by atoms with E-state index in [0.717, 1.165) is 24.2 Å². The minimum absolute atomic E-state index is 0.0419. The molecule has 2 atom stereocenters. The Morgan fingerprint density at radius 1 is 1.25 bits per heavy atom. The van der Waals surface area contributed by atoms with Crippen molar-refractivity contribution in [1.29, 1.82) is 0 Å². The number of aliphatic hydroxyl groups excluding tert-OH is 1. The van der Waals surface area contributed by atoms with Gasteiger partial charge in [-0.1, -0.05) is 6.07 Å². The lowest BCUT2D eigenvalue weighted by Gasteiger charge is -2.37. The third-order valence-electron chi connectivity index (χ3n) is 4.93. The van der Waals surface area contributed by atoms with E-state index in [1.165, 1.54) is 19.2 Å². The maximum absolute atomic E-state index is 12.7. The number of aliphatic hydroxyl groups is 1. The molecule has 7 heteroatoms. The predicted octanol–water partition coefficient (Wildman–Crippen LogP) is 3.21. The molecule has 0 unspecified atom stereocenters. The summed E-state index contributed by atoms with van der Waals surface area (Å²) in [6.07, 6.45) is -1.43. The van der Waals surface area contributed by atoms with Gasteiger partial charge in [0.1, 0.15) is 0 Å². The van der Waals surface area contributed by atoms with Crippen LogP contribution >= 0.6 is 0 Å². The van der Waals surface area contributed by atoms with Crippen molar-refractivity contribution in [2.45, 2.75) is 37.1 Å². The first kappa shape index (κ1) is 17.0. The average molecular weight is 343 g/mol. The van der Waals surface area contributed by atoms with Crippen molar-refractivity contribution in [3.8, 4) is 11.5 Å². The summed E-state index contributed by atoms with van der Waals surface area (Å²) < 4.78 is 47.2. The van der Waals surface area contributed by atoms with Crippen LogP contribution in [0, 0.1) is 0 Å². The summed E-state index contributed by atoms with van der Waals surface area (Å²) in [6, 6.07) is 4.70. The number of benzene rings is 1. The van der Waals surface area contributed by atoms with Crippen LogP contribution in [0.2, 0.25) is 0 Å². The second-order valence-corrected chi connectivity index (χ2v) is 6.33. The molecule has 1 N–H and O–H groups in total. The molecule has 0 aromatic heterocycles. The zero-order valence-electron chi connectivity index (χ0n) is 13.6. The van der Waals surface area contributed by atoms with Crippen molar-refractivity contribution in [3.63, 3.8) is 0 Å². The van der Waals surface area contributed by atoms with Crippen LogP contribution in [0.25, 0.3) is 0 Å². The SMILES string of the molecule is COc1ccc([C@@]23CC[C@@H](O)C=C2N(C)CC3)cc1OC(F)(F)F. The highest BCUT2D eigenvalue weighted by atomic mass is 19.4. The Morgan fingerprint density at radius 2 is 2.00 bits per heavy atom. The lowest BCUT2D eigenvalue weighted by atomic mass is 9.70. The van der Waals surface area contributed by atoms with E-state index in [2.05, 4.69) is 9.64 Å². The number of likely N-dealkylation sites (tertiary alicyclic amines) is 1. The minimum atomic E-state index is -4.78. The molecule has 1 fully saturated rings. The van der Waals surface area contributed by atoms with Gasteiger partial charge in [-0.05, 0) is 43.0 Å². The second kappa shape index (κ2) is 5.88. The van der Waals surface area contributed by atoms with Gasteiger partial charge in [-0.3, -0.25) is 0 Å². The van der Waals surface area contributed by atoms with Crippen LogP contribution in [-0.2, 0) is 5.41 Å².